The van der Waals surface area contributed by atoms with Crippen molar-refractivity contribution in [1.29, 1.82) is 0 Å². The molecule has 2 nitrogen and oxygen atoms in total. The molecule has 0 aliphatic carbocycles. The summed E-state index contributed by atoms with van der Waals surface area (Å²) in [5.74, 6) is 0.387. The predicted molar refractivity (Wildman–Crippen MR) is 84.7 cm³/mol. The van der Waals surface area contributed by atoms with Gasteiger partial charge in [-0.1, -0.05) is 35.4 Å². The SMILES string of the molecule is CCOc1ccc(C)cc1C(NC)c1ccc(Cl)c(F)c1. The van der Waals surface area contributed by atoms with E-state index in [4.69, 9.17) is 16.3 Å². The fourth-order valence-corrected chi connectivity index (χ4v) is 2.49. The van der Waals surface area contributed by atoms with Gasteiger partial charge in [0.05, 0.1) is 17.7 Å². The Balaban J connectivity index is 2.49. The molecule has 1 unspecified atom stereocenters. The van der Waals surface area contributed by atoms with E-state index in [1.807, 2.05) is 39.1 Å². The van der Waals surface area contributed by atoms with E-state index in [0.29, 0.717) is 6.61 Å². The standard InChI is InChI=1S/C17H19ClFNO/c1-4-21-16-8-5-11(2)9-13(16)17(20-3)12-6-7-14(18)15(19)10-12/h5-10,17,20H,4H2,1-3H3. The van der Waals surface area contributed by atoms with Gasteiger partial charge in [-0.25, -0.2) is 4.39 Å². The summed E-state index contributed by atoms with van der Waals surface area (Å²) in [6, 6.07) is 10.7. The van der Waals surface area contributed by atoms with Gasteiger partial charge in [0.15, 0.2) is 0 Å². The Morgan fingerprint density at radius 3 is 2.62 bits per heavy atom. The molecule has 4 heteroatoms. The van der Waals surface area contributed by atoms with Crippen LogP contribution in [0, 0.1) is 12.7 Å². The maximum absolute atomic E-state index is 13.7. The van der Waals surface area contributed by atoms with Crippen LogP contribution in [0.5, 0.6) is 5.75 Å². The van der Waals surface area contributed by atoms with Crippen LogP contribution >= 0.6 is 11.6 Å². The second-order valence-electron chi connectivity index (χ2n) is 4.87. The minimum absolute atomic E-state index is 0.128. The molecule has 0 heterocycles. The summed E-state index contributed by atoms with van der Waals surface area (Å²) >= 11 is 5.76. The second-order valence-corrected chi connectivity index (χ2v) is 5.28. The lowest BCUT2D eigenvalue weighted by atomic mass is 9.96. The first kappa shape index (κ1) is 15.8. The fraction of sp³-hybridized carbons (Fsp3) is 0.294. The van der Waals surface area contributed by atoms with Gasteiger partial charge in [0.2, 0.25) is 0 Å². The monoisotopic (exact) mass is 307 g/mol. The van der Waals surface area contributed by atoms with E-state index in [1.165, 1.54) is 6.07 Å². The lowest BCUT2D eigenvalue weighted by Gasteiger charge is -2.21. The van der Waals surface area contributed by atoms with Crippen molar-refractivity contribution in [3.8, 4) is 5.75 Å². The van der Waals surface area contributed by atoms with Crippen molar-refractivity contribution in [2.24, 2.45) is 0 Å². The van der Waals surface area contributed by atoms with Gasteiger partial charge in [-0.15, -0.1) is 0 Å². The normalized spacial score (nSPS) is 12.2. The van der Waals surface area contributed by atoms with Gasteiger partial charge < -0.3 is 10.1 Å². The van der Waals surface area contributed by atoms with Crippen molar-refractivity contribution >= 4 is 11.6 Å². The van der Waals surface area contributed by atoms with Gasteiger partial charge in [0.1, 0.15) is 11.6 Å². The summed E-state index contributed by atoms with van der Waals surface area (Å²) in [5, 5.41) is 3.35. The molecule has 0 aliphatic rings. The molecule has 2 aromatic carbocycles. The summed E-state index contributed by atoms with van der Waals surface area (Å²) in [4.78, 5) is 0. The molecular formula is C17H19ClFNO. The number of aryl methyl sites for hydroxylation is 1. The minimum atomic E-state index is -0.417. The summed E-state index contributed by atoms with van der Waals surface area (Å²) < 4.78 is 19.4. The molecule has 0 bridgehead atoms. The molecule has 0 amide bonds. The summed E-state index contributed by atoms with van der Waals surface area (Å²) in [5.41, 5.74) is 2.93. The summed E-state index contributed by atoms with van der Waals surface area (Å²) in [6.45, 7) is 4.55. The molecule has 2 aromatic rings. The Hall–Kier alpha value is -1.58. The van der Waals surface area contributed by atoms with E-state index in [9.17, 15) is 4.39 Å². The van der Waals surface area contributed by atoms with Crippen molar-refractivity contribution in [3.63, 3.8) is 0 Å². The summed E-state index contributed by atoms with van der Waals surface area (Å²) in [6.07, 6.45) is 0. The second kappa shape index (κ2) is 6.92. The lowest BCUT2D eigenvalue weighted by Crippen LogP contribution is -2.19. The van der Waals surface area contributed by atoms with Crippen LogP contribution in [0.15, 0.2) is 36.4 Å². The maximum Gasteiger partial charge on any atom is 0.142 e. The van der Waals surface area contributed by atoms with Gasteiger partial charge in [-0.2, -0.15) is 0 Å². The molecule has 0 radical (unpaired) electrons. The van der Waals surface area contributed by atoms with Gasteiger partial charge >= 0.3 is 0 Å². The molecule has 0 spiro atoms. The Bertz CT molecular complexity index is 630. The van der Waals surface area contributed by atoms with E-state index in [1.54, 1.807) is 6.07 Å². The first-order valence-corrected chi connectivity index (χ1v) is 7.30. The zero-order valence-electron chi connectivity index (χ0n) is 12.4. The van der Waals surface area contributed by atoms with Crippen LogP contribution in [-0.2, 0) is 0 Å². The molecule has 0 aromatic heterocycles. The molecule has 112 valence electrons. The van der Waals surface area contributed by atoms with Crippen molar-refractivity contribution < 1.29 is 9.13 Å². The number of benzene rings is 2. The smallest absolute Gasteiger partial charge is 0.142 e. The number of rotatable bonds is 5. The molecule has 0 aliphatic heterocycles. The molecule has 0 saturated heterocycles. The van der Waals surface area contributed by atoms with E-state index in [2.05, 4.69) is 11.4 Å². The van der Waals surface area contributed by atoms with Crippen molar-refractivity contribution in [2.75, 3.05) is 13.7 Å². The van der Waals surface area contributed by atoms with E-state index in [-0.39, 0.29) is 11.1 Å². The topological polar surface area (TPSA) is 21.3 Å². The Labute approximate surface area is 129 Å². The highest BCUT2D eigenvalue weighted by atomic mass is 35.5. The van der Waals surface area contributed by atoms with Crippen LogP contribution in [0.4, 0.5) is 4.39 Å². The largest absolute Gasteiger partial charge is 0.494 e. The maximum atomic E-state index is 13.7. The third-order valence-corrected chi connectivity index (χ3v) is 3.65. The molecule has 21 heavy (non-hydrogen) atoms. The minimum Gasteiger partial charge on any atom is -0.494 e. The quantitative estimate of drug-likeness (QED) is 0.878. The first-order chi connectivity index (χ1) is 10.1. The zero-order valence-corrected chi connectivity index (χ0v) is 13.2. The van der Waals surface area contributed by atoms with Gasteiger partial charge in [0, 0.05) is 5.56 Å². The van der Waals surface area contributed by atoms with E-state index >= 15 is 0 Å². The molecule has 1 atom stereocenters. The third-order valence-electron chi connectivity index (χ3n) is 3.34. The van der Waals surface area contributed by atoms with Crippen LogP contribution in [0.3, 0.4) is 0 Å². The number of halogens is 2. The van der Waals surface area contributed by atoms with Crippen LogP contribution in [-0.4, -0.2) is 13.7 Å². The predicted octanol–water partition coefficient (Wildman–Crippen LogP) is 4.50. The highest BCUT2D eigenvalue weighted by Crippen LogP contribution is 2.32. The lowest BCUT2D eigenvalue weighted by molar-refractivity contribution is 0.334. The molecular weight excluding hydrogens is 289 g/mol. The Morgan fingerprint density at radius 1 is 1.24 bits per heavy atom. The summed E-state index contributed by atoms with van der Waals surface area (Å²) in [7, 11) is 1.84. The molecule has 0 fully saturated rings. The van der Waals surface area contributed by atoms with Gasteiger partial charge in [-0.05, 0) is 44.7 Å². The number of nitrogens with one attached hydrogen (secondary N) is 1. The molecule has 2 rings (SSSR count). The van der Waals surface area contributed by atoms with Gasteiger partial charge in [-0.3, -0.25) is 0 Å². The number of hydrogen-bond acceptors (Lipinski definition) is 2. The zero-order chi connectivity index (χ0) is 15.4. The highest BCUT2D eigenvalue weighted by molar-refractivity contribution is 6.30. The van der Waals surface area contributed by atoms with Crippen molar-refractivity contribution in [2.45, 2.75) is 19.9 Å². The van der Waals surface area contributed by atoms with Crippen molar-refractivity contribution in [3.05, 3.63) is 63.9 Å². The highest BCUT2D eigenvalue weighted by Gasteiger charge is 2.18. The van der Waals surface area contributed by atoms with Crippen LogP contribution in [0.2, 0.25) is 5.02 Å². The van der Waals surface area contributed by atoms with Crippen LogP contribution in [0.1, 0.15) is 29.7 Å². The van der Waals surface area contributed by atoms with Crippen LogP contribution < -0.4 is 10.1 Å². The molecule has 1 N–H and O–H groups in total. The van der Waals surface area contributed by atoms with Gasteiger partial charge in [0.25, 0.3) is 0 Å². The first-order valence-electron chi connectivity index (χ1n) is 6.92. The number of ether oxygens (including phenoxy) is 1. The average Bonchev–Trinajstić information content (AvgIpc) is 2.46. The fourth-order valence-electron chi connectivity index (χ4n) is 2.37. The van der Waals surface area contributed by atoms with Crippen molar-refractivity contribution in [1.82, 2.24) is 5.32 Å². The Morgan fingerprint density at radius 2 is 2.00 bits per heavy atom. The Kier molecular flexibility index (Phi) is 5.21. The molecule has 0 saturated carbocycles. The number of hydrogen-bond donors (Lipinski definition) is 1. The third kappa shape index (κ3) is 3.55. The van der Waals surface area contributed by atoms with Crippen LogP contribution in [0.25, 0.3) is 0 Å². The average molecular weight is 308 g/mol. The van der Waals surface area contributed by atoms with E-state index in [0.717, 1.165) is 22.4 Å². The van der Waals surface area contributed by atoms with E-state index < -0.39 is 5.82 Å².